The number of hydrogen-bond acceptors (Lipinski definition) is 2. The summed E-state index contributed by atoms with van der Waals surface area (Å²) in [5.41, 5.74) is 0.801. The minimum atomic E-state index is -4.67. The molecule has 1 saturated carbocycles. The molecule has 0 aliphatic heterocycles. The molecule has 6 heteroatoms. The zero-order valence-corrected chi connectivity index (χ0v) is 12.0. The molecule has 1 N–H and O–H groups in total. The third-order valence-electron chi connectivity index (χ3n) is 3.87. The zero-order chi connectivity index (χ0) is 14.3. The van der Waals surface area contributed by atoms with Crippen LogP contribution in [0.2, 0.25) is 0 Å². The van der Waals surface area contributed by atoms with E-state index in [-0.39, 0.29) is 10.2 Å². The Morgan fingerprint density at radius 1 is 1.30 bits per heavy atom. The average Bonchev–Trinajstić information content (AvgIpc) is 2.69. The lowest BCUT2D eigenvalue weighted by molar-refractivity contribution is -0.274. The first-order chi connectivity index (χ1) is 9.42. The predicted octanol–water partition coefficient (Wildman–Crippen LogP) is 4.72. The smallest absolute Gasteiger partial charge is 0.405 e. The fourth-order valence-corrected chi connectivity index (χ4v) is 3.36. The molecule has 0 radical (unpaired) electrons. The molecule has 3 atom stereocenters. The van der Waals surface area contributed by atoms with Crippen LogP contribution in [-0.4, -0.2) is 12.4 Å². The van der Waals surface area contributed by atoms with Gasteiger partial charge in [-0.1, -0.05) is 12.2 Å². The van der Waals surface area contributed by atoms with Crippen molar-refractivity contribution in [2.24, 2.45) is 11.8 Å². The zero-order valence-electron chi connectivity index (χ0n) is 10.5. The Balaban J connectivity index is 1.66. The summed E-state index contributed by atoms with van der Waals surface area (Å²) >= 11 is 3.11. The number of nitrogens with one attached hydrogen (secondary N) is 1. The molecule has 3 rings (SSSR count). The average molecular weight is 348 g/mol. The van der Waals surface area contributed by atoms with Gasteiger partial charge in [0.1, 0.15) is 5.75 Å². The second kappa shape index (κ2) is 4.98. The molecule has 2 aliphatic carbocycles. The fourth-order valence-electron chi connectivity index (χ4n) is 2.90. The lowest BCUT2D eigenvalue weighted by Gasteiger charge is -2.41. The highest BCUT2D eigenvalue weighted by Crippen LogP contribution is 2.44. The van der Waals surface area contributed by atoms with Crippen LogP contribution in [0.25, 0.3) is 0 Å². The summed E-state index contributed by atoms with van der Waals surface area (Å²) in [6.07, 6.45) is 2.00. The Kier molecular flexibility index (Phi) is 3.44. The van der Waals surface area contributed by atoms with E-state index in [0.717, 1.165) is 24.4 Å². The van der Waals surface area contributed by atoms with Gasteiger partial charge in [-0.3, -0.25) is 0 Å². The Labute approximate surface area is 123 Å². The van der Waals surface area contributed by atoms with Crippen LogP contribution >= 0.6 is 15.9 Å². The summed E-state index contributed by atoms with van der Waals surface area (Å²) in [5, 5.41) is 3.36. The number of benzene rings is 1. The maximum Gasteiger partial charge on any atom is 0.573 e. The molecular weight excluding hydrogens is 335 g/mol. The van der Waals surface area contributed by atoms with E-state index in [9.17, 15) is 13.2 Å². The van der Waals surface area contributed by atoms with Crippen LogP contribution in [0, 0.1) is 11.8 Å². The Hall–Kier alpha value is -1.17. The standard InChI is InChI=1S/C14H13BrF3NO/c15-11-7-9(4-5-13(11)20-14(16,17)18)19-12-6-8-2-1-3-10(8)12/h1,3-5,7-8,10,12,19H,2,6H2. The van der Waals surface area contributed by atoms with Crippen LogP contribution in [0.1, 0.15) is 12.8 Å². The molecular formula is C14H13BrF3NO. The molecule has 2 aliphatic rings. The second-order valence-corrected chi connectivity index (χ2v) is 6.04. The van der Waals surface area contributed by atoms with Crippen molar-refractivity contribution in [1.82, 2.24) is 0 Å². The van der Waals surface area contributed by atoms with Gasteiger partial charge in [0.2, 0.25) is 0 Å². The fraction of sp³-hybridized carbons (Fsp3) is 0.429. The highest BCUT2D eigenvalue weighted by atomic mass is 79.9. The molecule has 1 aromatic carbocycles. The number of ether oxygens (including phenoxy) is 1. The molecule has 0 bridgehead atoms. The first kappa shape index (κ1) is 13.8. The molecule has 20 heavy (non-hydrogen) atoms. The van der Waals surface area contributed by atoms with Gasteiger partial charge in [0.15, 0.2) is 0 Å². The van der Waals surface area contributed by atoms with Gasteiger partial charge < -0.3 is 10.1 Å². The summed E-state index contributed by atoms with van der Waals surface area (Å²) in [7, 11) is 0. The van der Waals surface area contributed by atoms with Gasteiger partial charge in [0.25, 0.3) is 0 Å². The first-order valence-electron chi connectivity index (χ1n) is 6.41. The van der Waals surface area contributed by atoms with Crippen molar-refractivity contribution in [2.75, 3.05) is 5.32 Å². The van der Waals surface area contributed by atoms with E-state index in [1.165, 1.54) is 6.07 Å². The molecule has 1 aromatic rings. The van der Waals surface area contributed by atoms with Crippen LogP contribution in [0.5, 0.6) is 5.75 Å². The maximum absolute atomic E-state index is 12.2. The minimum Gasteiger partial charge on any atom is -0.405 e. The van der Waals surface area contributed by atoms with E-state index < -0.39 is 6.36 Å². The van der Waals surface area contributed by atoms with E-state index in [0.29, 0.717) is 12.0 Å². The quantitative estimate of drug-likeness (QED) is 0.798. The summed E-state index contributed by atoms with van der Waals surface area (Å²) in [4.78, 5) is 0. The number of halogens is 4. The molecule has 3 unspecified atom stereocenters. The first-order valence-corrected chi connectivity index (χ1v) is 7.20. The molecule has 0 amide bonds. The van der Waals surface area contributed by atoms with Crippen LogP contribution in [0.3, 0.4) is 0 Å². The van der Waals surface area contributed by atoms with Crippen LogP contribution < -0.4 is 10.1 Å². The monoisotopic (exact) mass is 347 g/mol. The van der Waals surface area contributed by atoms with Crippen molar-refractivity contribution in [2.45, 2.75) is 25.2 Å². The number of rotatable bonds is 3. The second-order valence-electron chi connectivity index (χ2n) is 5.18. The largest absolute Gasteiger partial charge is 0.573 e. The SMILES string of the molecule is FC(F)(F)Oc1ccc(NC2CC3CC=CC32)cc1Br. The summed E-state index contributed by atoms with van der Waals surface area (Å²) < 4.78 is 40.7. The van der Waals surface area contributed by atoms with Gasteiger partial charge in [-0.25, -0.2) is 0 Å². The van der Waals surface area contributed by atoms with E-state index in [1.54, 1.807) is 12.1 Å². The Morgan fingerprint density at radius 2 is 2.10 bits per heavy atom. The molecule has 0 saturated heterocycles. The minimum absolute atomic E-state index is 0.227. The molecule has 0 spiro atoms. The number of alkyl halides is 3. The molecule has 108 valence electrons. The maximum atomic E-state index is 12.2. The van der Waals surface area contributed by atoms with Crippen molar-refractivity contribution in [3.05, 3.63) is 34.8 Å². The summed E-state index contributed by atoms with van der Waals surface area (Å²) in [5.74, 6) is 1.07. The van der Waals surface area contributed by atoms with E-state index >= 15 is 0 Å². The van der Waals surface area contributed by atoms with Crippen molar-refractivity contribution < 1.29 is 17.9 Å². The third-order valence-corrected chi connectivity index (χ3v) is 4.49. The van der Waals surface area contributed by atoms with E-state index in [2.05, 4.69) is 38.1 Å². The number of hydrogen-bond donors (Lipinski definition) is 1. The van der Waals surface area contributed by atoms with Gasteiger partial charge >= 0.3 is 6.36 Å². The van der Waals surface area contributed by atoms with Gasteiger partial charge in [-0.2, -0.15) is 0 Å². The van der Waals surface area contributed by atoms with E-state index in [4.69, 9.17) is 0 Å². The molecule has 2 nitrogen and oxygen atoms in total. The summed E-state index contributed by atoms with van der Waals surface area (Å²) in [6.45, 7) is 0. The van der Waals surface area contributed by atoms with Crippen molar-refractivity contribution in [3.8, 4) is 5.75 Å². The third kappa shape index (κ3) is 2.80. The normalized spacial score (nSPS) is 27.9. The van der Waals surface area contributed by atoms with E-state index in [1.807, 2.05) is 0 Å². The number of fused-ring (bicyclic) bond motifs is 1. The lowest BCUT2D eigenvalue weighted by atomic mass is 9.71. The number of allylic oxidation sites excluding steroid dienone is 1. The topological polar surface area (TPSA) is 21.3 Å². The van der Waals surface area contributed by atoms with Gasteiger partial charge in [0, 0.05) is 17.6 Å². The van der Waals surface area contributed by atoms with Crippen LogP contribution in [0.15, 0.2) is 34.8 Å². The van der Waals surface area contributed by atoms with Gasteiger partial charge in [0.05, 0.1) is 4.47 Å². The highest BCUT2D eigenvalue weighted by molar-refractivity contribution is 9.10. The predicted molar refractivity (Wildman–Crippen MR) is 73.6 cm³/mol. The van der Waals surface area contributed by atoms with Gasteiger partial charge in [-0.05, 0) is 52.9 Å². The van der Waals surface area contributed by atoms with Crippen molar-refractivity contribution >= 4 is 21.6 Å². The number of anilines is 1. The highest BCUT2D eigenvalue weighted by Gasteiger charge is 2.41. The van der Waals surface area contributed by atoms with Crippen LogP contribution in [-0.2, 0) is 0 Å². The molecule has 0 aromatic heterocycles. The summed E-state index contributed by atoms with van der Waals surface area (Å²) in [6, 6.07) is 4.92. The van der Waals surface area contributed by atoms with Crippen molar-refractivity contribution in [1.29, 1.82) is 0 Å². The van der Waals surface area contributed by atoms with Gasteiger partial charge in [-0.15, -0.1) is 13.2 Å². The Morgan fingerprint density at radius 3 is 2.75 bits per heavy atom. The molecule has 1 fully saturated rings. The van der Waals surface area contributed by atoms with Crippen LogP contribution in [0.4, 0.5) is 18.9 Å². The lowest BCUT2D eigenvalue weighted by Crippen LogP contribution is -2.43. The molecule has 0 heterocycles. The Bertz CT molecular complexity index is 544. The van der Waals surface area contributed by atoms with Crippen molar-refractivity contribution in [3.63, 3.8) is 0 Å².